The zero-order chi connectivity index (χ0) is 10.1. The molecule has 1 unspecified atom stereocenters. The molecule has 0 spiro atoms. The minimum absolute atomic E-state index is 0.00167. The van der Waals surface area contributed by atoms with E-state index in [-0.39, 0.29) is 10.9 Å². The Kier molecular flexibility index (Phi) is 2.70. The van der Waals surface area contributed by atoms with Gasteiger partial charge in [-0.15, -0.1) is 0 Å². The summed E-state index contributed by atoms with van der Waals surface area (Å²) in [6.07, 6.45) is 0.806. The predicted octanol–water partition coefficient (Wildman–Crippen LogP) is 2.70. The Balaban J connectivity index is 2.44. The lowest BCUT2D eigenvalue weighted by molar-refractivity contribution is 0.568. The highest BCUT2D eigenvalue weighted by Gasteiger charge is 2.24. The molecule has 1 fully saturated rings. The van der Waals surface area contributed by atoms with Crippen LogP contribution in [0, 0.1) is 11.6 Å². The Morgan fingerprint density at radius 3 is 2.64 bits per heavy atom. The van der Waals surface area contributed by atoms with Gasteiger partial charge in [-0.3, -0.25) is 0 Å². The van der Waals surface area contributed by atoms with Gasteiger partial charge in [0.1, 0.15) is 11.6 Å². The first-order valence-electron chi connectivity index (χ1n) is 4.54. The third-order valence-electron chi connectivity index (χ3n) is 2.55. The highest BCUT2D eigenvalue weighted by Crippen LogP contribution is 2.32. The molecule has 1 saturated heterocycles. The van der Waals surface area contributed by atoms with E-state index in [2.05, 4.69) is 5.32 Å². The van der Waals surface area contributed by atoms with E-state index < -0.39 is 11.6 Å². The first-order chi connectivity index (χ1) is 6.70. The van der Waals surface area contributed by atoms with Gasteiger partial charge < -0.3 is 5.32 Å². The van der Waals surface area contributed by atoms with Crippen LogP contribution in [0.15, 0.2) is 12.1 Å². The zero-order valence-corrected chi connectivity index (χ0v) is 8.24. The topological polar surface area (TPSA) is 12.0 Å². The fraction of sp³-hybridized carbons (Fsp3) is 0.400. The quantitative estimate of drug-likeness (QED) is 0.714. The van der Waals surface area contributed by atoms with Crippen LogP contribution >= 0.6 is 11.6 Å². The maximum Gasteiger partial charge on any atom is 0.142 e. The maximum atomic E-state index is 13.4. The number of rotatable bonds is 1. The van der Waals surface area contributed by atoms with Gasteiger partial charge >= 0.3 is 0 Å². The molecule has 1 N–H and O–H groups in total. The van der Waals surface area contributed by atoms with E-state index >= 15 is 0 Å². The van der Waals surface area contributed by atoms with E-state index in [1.165, 1.54) is 0 Å². The Hall–Kier alpha value is -0.670. The minimum Gasteiger partial charge on any atom is -0.316 e. The van der Waals surface area contributed by atoms with E-state index in [0.29, 0.717) is 12.1 Å². The van der Waals surface area contributed by atoms with Crippen LogP contribution in [0.4, 0.5) is 8.78 Å². The van der Waals surface area contributed by atoms with Gasteiger partial charge in [0, 0.05) is 18.0 Å². The van der Waals surface area contributed by atoms with Crippen molar-refractivity contribution < 1.29 is 8.78 Å². The van der Waals surface area contributed by atoms with Crippen LogP contribution in [-0.2, 0) is 0 Å². The highest BCUT2D eigenvalue weighted by atomic mass is 35.5. The third kappa shape index (κ3) is 1.62. The molecule has 1 nitrogen and oxygen atoms in total. The van der Waals surface area contributed by atoms with Gasteiger partial charge in [0.25, 0.3) is 0 Å². The highest BCUT2D eigenvalue weighted by molar-refractivity contribution is 6.31. The van der Waals surface area contributed by atoms with Crippen LogP contribution in [0.3, 0.4) is 0 Å². The van der Waals surface area contributed by atoms with Crippen molar-refractivity contribution in [2.75, 3.05) is 13.1 Å². The van der Waals surface area contributed by atoms with Crippen molar-refractivity contribution in [1.82, 2.24) is 5.32 Å². The van der Waals surface area contributed by atoms with Crippen molar-refractivity contribution in [3.8, 4) is 0 Å². The fourth-order valence-corrected chi connectivity index (χ4v) is 2.13. The van der Waals surface area contributed by atoms with Gasteiger partial charge in [0.15, 0.2) is 0 Å². The van der Waals surface area contributed by atoms with Crippen molar-refractivity contribution in [2.24, 2.45) is 0 Å². The maximum absolute atomic E-state index is 13.4. The normalized spacial score (nSPS) is 21.5. The van der Waals surface area contributed by atoms with Crippen molar-refractivity contribution in [1.29, 1.82) is 0 Å². The third-order valence-corrected chi connectivity index (χ3v) is 2.93. The smallest absolute Gasteiger partial charge is 0.142 e. The van der Waals surface area contributed by atoms with E-state index in [9.17, 15) is 8.78 Å². The molecular weight excluding hydrogens is 208 g/mol. The average molecular weight is 218 g/mol. The lowest BCUT2D eigenvalue weighted by Crippen LogP contribution is -2.09. The van der Waals surface area contributed by atoms with Crippen molar-refractivity contribution >= 4 is 11.6 Å². The Bertz CT molecular complexity index is 348. The first-order valence-corrected chi connectivity index (χ1v) is 4.92. The molecule has 0 amide bonds. The number of hydrogen-bond donors (Lipinski definition) is 1. The second kappa shape index (κ2) is 3.83. The zero-order valence-electron chi connectivity index (χ0n) is 7.49. The molecule has 2 rings (SSSR count). The summed E-state index contributed by atoms with van der Waals surface area (Å²) in [5.41, 5.74) is 0.316. The lowest BCUT2D eigenvalue weighted by atomic mass is 9.97. The standard InChI is InChI=1S/C10H10ClF2N/c11-10-8(13)2-1-7(12)9(10)6-3-4-14-5-6/h1-2,6,14H,3-5H2. The van der Waals surface area contributed by atoms with Gasteiger partial charge in [-0.2, -0.15) is 0 Å². The Morgan fingerprint density at radius 2 is 2.00 bits per heavy atom. The van der Waals surface area contributed by atoms with Gasteiger partial charge in [-0.25, -0.2) is 8.78 Å². The fourth-order valence-electron chi connectivity index (χ4n) is 1.82. The van der Waals surface area contributed by atoms with Crippen LogP contribution < -0.4 is 5.32 Å². The summed E-state index contributed by atoms with van der Waals surface area (Å²) in [6, 6.07) is 2.19. The summed E-state index contributed by atoms with van der Waals surface area (Å²) in [5, 5.41) is 3.03. The van der Waals surface area contributed by atoms with Crippen LogP contribution in [0.25, 0.3) is 0 Å². The summed E-state index contributed by atoms with van der Waals surface area (Å²) >= 11 is 5.74. The molecule has 0 radical (unpaired) electrons. The van der Waals surface area contributed by atoms with E-state index in [1.807, 2.05) is 0 Å². The molecule has 1 aliphatic heterocycles. The van der Waals surface area contributed by atoms with Gasteiger partial charge in [0.2, 0.25) is 0 Å². The molecule has 14 heavy (non-hydrogen) atoms. The predicted molar refractivity (Wildman–Crippen MR) is 51.6 cm³/mol. The van der Waals surface area contributed by atoms with Crippen LogP contribution in [0.5, 0.6) is 0 Å². The molecule has 0 aromatic heterocycles. The van der Waals surface area contributed by atoms with Crippen LogP contribution in [0.1, 0.15) is 17.9 Å². The molecule has 1 atom stereocenters. The number of halogens is 3. The van der Waals surface area contributed by atoms with Crippen molar-refractivity contribution in [3.63, 3.8) is 0 Å². The van der Waals surface area contributed by atoms with E-state index in [4.69, 9.17) is 11.6 Å². The van der Waals surface area contributed by atoms with Gasteiger partial charge in [-0.05, 0) is 25.1 Å². The summed E-state index contributed by atoms with van der Waals surface area (Å²) in [5.74, 6) is -0.960. The number of benzene rings is 1. The van der Waals surface area contributed by atoms with Gasteiger partial charge in [-0.1, -0.05) is 11.6 Å². The van der Waals surface area contributed by atoms with Gasteiger partial charge in [0.05, 0.1) is 5.02 Å². The SMILES string of the molecule is Fc1ccc(F)c(C2CCNC2)c1Cl. The van der Waals surface area contributed by atoms with E-state index in [0.717, 1.165) is 25.1 Å². The molecule has 1 aromatic rings. The molecule has 0 saturated carbocycles. The molecule has 0 aliphatic carbocycles. The van der Waals surface area contributed by atoms with Crippen LogP contribution in [-0.4, -0.2) is 13.1 Å². The molecule has 1 heterocycles. The summed E-state index contributed by atoms with van der Waals surface area (Å²) in [4.78, 5) is 0. The summed E-state index contributed by atoms with van der Waals surface area (Å²) in [6.45, 7) is 1.50. The molecular formula is C10H10ClF2N. The Labute approximate surface area is 86.1 Å². The second-order valence-corrected chi connectivity index (χ2v) is 3.82. The number of hydrogen-bond acceptors (Lipinski definition) is 1. The molecule has 76 valence electrons. The summed E-state index contributed by atoms with van der Waals surface area (Å²) < 4.78 is 26.5. The Morgan fingerprint density at radius 1 is 1.29 bits per heavy atom. The van der Waals surface area contributed by atoms with E-state index in [1.54, 1.807) is 0 Å². The molecule has 0 bridgehead atoms. The summed E-state index contributed by atoms with van der Waals surface area (Å²) in [7, 11) is 0. The lowest BCUT2D eigenvalue weighted by Gasteiger charge is -2.12. The van der Waals surface area contributed by atoms with Crippen molar-refractivity contribution in [2.45, 2.75) is 12.3 Å². The number of nitrogens with one attached hydrogen (secondary N) is 1. The monoisotopic (exact) mass is 217 g/mol. The molecule has 1 aromatic carbocycles. The van der Waals surface area contributed by atoms with Crippen molar-refractivity contribution in [3.05, 3.63) is 34.4 Å². The minimum atomic E-state index is -0.546. The average Bonchev–Trinajstić information content (AvgIpc) is 2.65. The molecule has 4 heteroatoms. The first kappa shape index (κ1) is 9.87. The molecule has 1 aliphatic rings. The largest absolute Gasteiger partial charge is 0.316 e. The second-order valence-electron chi connectivity index (χ2n) is 3.45. The van der Waals surface area contributed by atoms with Crippen LogP contribution in [0.2, 0.25) is 5.02 Å².